The Labute approximate surface area is 158 Å². The minimum absolute atomic E-state index is 0. The molecule has 3 N–H and O–H groups in total. The van der Waals surface area contributed by atoms with Crippen LogP contribution in [-0.2, 0) is 4.79 Å². The van der Waals surface area contributed by atoms with E-state index in [2.05, 4.69) is 55.6 Å². The largest absolute Gasteiger partial charge is 0.357 e. The maximum absolute atomic E-state index is 11.5. The summed E-state index contributed by atoms with van der Waals surface area (Å²) in [6.45, 7) is 13.1. The first-order valence-electron chi connectivity index (χ1n) is 8.64. The Morgan fingerprint density at radius 3 is 2.43 bits per heavy atom. The second kappa shape index (κ2) is 11.1. The fourth-order valence-corrected chi connectivity index (χ4v) is 2.11. The highest BCUT2D eigenvalue weighted by Gasteiger charge is 2.28. The second-order valence-corrected chi connectivity index (χ2v) is 7.47. The van der Waals surface area contributed by atoms with Crippen LogP contribution in [0, 0.1) is 11.3 Å². The molecule has 0 aromatic rings. The highest BCUT2D eigenvalue weighted by Crippen LogP contribution is 2.28. The number of carbonyl (C=O) groups is 1. The molecule has 0 aromatic heterocycles. The zero-order valence-corrected chi connectivity index (χ0v) is 17.7. The number of rotatable bonds is 8. The molecule has 23 heavy (non-hydrogen) atoms. The Balaban J connectivity index is 0.00000484. The summed E-state index contributed by atoms with van der Waals surface area (Å²) < 4.78 is 0. The summed E-state index contributed by atoms with van der Waals surface area (Å²) >= 11 is 0. The molecular formula is C17H35IN4O. The van der Waals surface area contributed by atoms with Crippen molar-refractivity contribution in [2.75, 3.05) is 19.6 Å². The number of halogens is 1. The third-order valence-corrected chi connectivity index (χ3v) is 3.68. The Kier molecular flexibility index (Phi) is 10.8. The molecular weight excluding hydrogens is 403 g/mol. The Bertz CT molecular complexity index is 375. The van der Waals surface area contributed by atoms with Crippen molar-refractivity contribution in [2.45, 2.75) is 66.3 Å². The van der Waals surface area contributed by atoms with E-state index in [1.165, 1.54) is 6.42 Å². The molecule has 1 aliphatic rings. The molecule has 6 heteroatoms. The molecule has 5 nitrogen and oxygen atoms in total. The number of nitrogens with one attached hydrogen (secondary N) is 3. The second-order valence-electron chi connectivity index (χ2n) is 7.47. The van der Waals surface area contributed by atoms with Crippen LogP contribution in [0.4, 0.5) is 0 Å². The van der Waals surface area contributed by atoms with E-state index in [0.717, 1.165) is 31.8 Å². The first-order chi connectivity index (χ1) is 10.3. The smallest absolute Gasteiger partial charge is 0.223 e. The Morgan fingerprint density at radius 2 is 1.91 bits per heavy atom. The summed E-state index contributed by atoms with van der Waals surface area (Å²) in [5.74, 6) is 1.30. The average molecular weight is 438 g/mol. The molecule has 0 spiro atoms. The van der Waals surface area contributed by atoms with Gasteiger partial charge in [-0.25, -0.2) is 0 Å². The molecule has 1 amide bonds. The van der Waals surface area contributed by atoms with Crippen molar-refractivity contribution in [3.63, 3.8) is 0 Å². The standard InChI is InChI=1S/C17H34N4O.HI/c1-6-18-16(21-13(2)9-10-17(3,4)5)20-12-11-19-15(22)14-7-8-14;/h13-14H,6-12H2,1-5H3,(H,19,22)(H2,18,20,21);1H. The van der Waals surface area contributed by atoms with Gasteiger partial charge in [0.25, 0.3) is 0 Å². The lowest BCUT2D eigenvalue weighted by molar-refractivity contribution is -0.122. The molecule has 1 saturated carbocycles. The van der Waals surface area contributed by atoms with Crippen LogP contribution >= 0.6 is 24.0 Å². The van der Waals surface area contributed by atoms with Crippen molar-refractivity contribution in [3.05, 3.63) is 0 Å². The van der Waals surface area contributed by atoms with E-state index < -0.39 is 0 Å². The minimum Gasteiger partial charge on any atom is -0.357 e. The molecule has 0 bridgehead atoms. The van der Waals surface area contributed by atoms with Gasteiger partial charge in [0, 0.05) is 25.0 Å². The van der Waals surface area contributed by atoms with Crippen molar-refractivity contribution in [1.29, 1.82) is 0 Å². The van der Waals surface area contributed by atoms with Gasteiger partial charge in [-0.1, -0.05) is 20.8 Å². The number of aliphatic imine (C=N–C) groups is 1. The average Bonchev–Trinajstić information content (AvgIpc) is 3.25. The lowest BCUT2D eigenvalue weighted by atomic mass is 9.89. The summed E-state index contributed by atoms with van der Waals surface area (Å²) in [5, 5.41) is 9.64. The summed E-state index contributed by atoms with van der Waals surface area (Å²) in [6.07, 6.45) is 4.39. The minimum atomic E-state index is 0. The molecule has 1 fully saturated rings. The normalized spacial score (nSPS) is 16.3. The molecule has 0 heterocycles. The molecule has 1 rings (SSSR count). The van der Waals surface area contributed by atoms with Gasteiger partial charge in [-0.3, -0.25) is 9.79 Å². The zero-order valence-electron chi connectivity index (χ0n) is 15.4. The fraction of sp³-hybridized carbons (Fsp3) is 0.882. The predicted octanol–water partition coefficient (Wildman–Crippen LogP) is 2.90. The summed E-state index contributed by atoms with van der Waals surface area (Å²) in [5.41, 5.74) is 0.360. The molecule has 0 radical (unpaired) electrons. The van der Waals surface area contributed by atoms with E-state index in [-0.39, 0.29) is 35.8 Å². The topological polar surface area (TPSA) is 65.5 Å². The molecule has 0 aliphatic heterocycles. The van der Waals surface area contributed by atoms with Gasteiger partial charge >= 0.3 is 0 Å². The Morgan fingerprint density at radius 1 is 1.26 bits per heavy atom. The zero-order chi connectivity index (χ0) is 16.6. The molecule has 136 valence electrons. The van der Waals surface area contributed by atoms with Crippen LogP contribution in [-0.4, -0.2) is 37.5 Å². The van der Waals surface area contributed by atoms with E-state index in [1.54, 1.807) is 0 Å². The van der Waals surface area contributed by atoms with Gasteiger partial charge in [0.15, 0.2) is 5.96 Å². The molecule has 1 aliphatic carbocycles. The van der Waals surface area contributed by atoms with Crippen LogP contribution in [0.5, 0.6) is 0 Å². The highest BCUT2D eigenvalue weighted by molar-refractivity contribution is 14.0. The van der Waals surface area contributed by atoms with Crippen molar-refractivity contribution in [3.8, 4) is 0 Å². The maximum Gasteiger partial charge on any atom is 0.223 e. The Hall–Kier alpha value is -0.530. The summed E-state index contributed by atoms with van der Waals surface area (Å²) in [6, 6.07) is 0.387. The van der Waals surface area contributed by atoms with E-state index in [1.807, 2.05) is 0 Å². The van der Waals surface area contributed by atoms with E-state index in [9.17, 15) is 4.79 Å². The lowest BCUT2D eigenvalue weighted by Crippen LogP contribution is -2.43. The van der Waals surface area contributed by atoms with E-state index >= 15 is 0 Å². The first kappa shape index (κ1) is 22.5. The number of hydrogen-bond acceptors (Lipinski definition) is 2. The SMILES string of the molecule is CCNC(=NCCNC(=O)C1CC1)NC(C)CCC(C)(C)C.I. The van der Waals surface area contributed by atoms with Crippen LogP contribution in [0.1, 0.15) is 60.3 Å². The third kappa shape index (κ3) is 11.6. The third-order valence-electron chi connectivity index (χ3n) is 3.68. The molecule has 0 saturated heterocycles. The van der Waals surface area contributed by atoms with E-state index in [4.69, 9.17) is 0 Å². The van der Waals surface area contributed by atoms with Gasteiger partial charge in [-0.2, -0.15) is 0 Å². The fourth-order valence-electron chi connectivity index (χ4n) is 2.11. The van der Waals surface area contributed by atoms with Gasteiger partial charge in [0.05, 0.1) is 6.54 Å². The van der Waals surface area contributed by atoms with Crippen LogP contribution in [0.3, 0.4) is 0 Å². The molecule has 1 unspecified atom stereocenters. The molecule has 1 atom stereocenters. The molecule has 0 aromatic carbocycles. The van der Waals surface area contributed by atoms with Crippen molar-refractivity contribution < 1.29 is 4.79 Å². The van der Waals surface area contributed by atoms with Gasteiger partial charge < -0.3 is 16.0 Å². The van der Waals surface area contributed by atoms with Gasteiger partial charge in [-0.15, -0.1) is 24.0 Å². The number of carbonyl (C=O) groups excluding carboxylic acids is 1. The summed E-state index contributed by atoms with van der Waals surface area (Å²) in [4.78, 5) is 16.1. The van der Waals surface area contributed by atoms with Crippen LogP contribution < -0.4 is 16.0 Å². The monoisotopic (exact) mass is 438 g/mol. The summed E-state index contributed by atoms with van der Waals surface area (Å²) in [7, 11) is 0. The van der Waals surface area contributed by atoms with Crippen LogP contribution in [0.2, 0.25) is 0 Å². The van der Waals surface area contributed by atoms with Gasteiger partial charge in [0.2, 0.25) is 5.91 Å². The number of amides is 1. The number of guanidine groups is 1. The number of hydrogen-bond donors (Lipinski definition) is 3. The maximum atomic E-state index is 11.5. The number of nitrogens with zero attached hydrogens (tertiary/aromatic N) is 1. The van der Waals surface area contributed by atoms with Crippen LogP contribution in [0.25, 0.3) is 0 Å². The first-order valence-corrected chi connectivity index (χ1v) is 8.64. The van der Waals surface area contributed by atoms with Crippen molar-refractivity contribution >= 4 is 35.8 Å². The highest BCUT2D eigenvalue weighted by atomic mass is 127. The van der Waals surface area contributed by atoms with Crippen molar-refractivity contribution in [2.24, 2.45) is 16.3 Å². The van der Waals surface area contributed by atoms with Crippen LogP contribution in [0.15, 0.2) is 4.99 Å². The lowest BCUT2D eigenvalue weighted by Gasteiger charge is -2.23. The quantitative estimate of drug-likeness (QED) is 0.236. The predicted molar refractivity (Wildman–Crippen MR) is 108 cm³/mol. The van der Waals surface area contributed by atoms with Gasteiger partial charge in [-0.05, 0) is 44.9 Å². The van der Waals surface area contributed by atoms with E-state index in [0.29, 0.717) is 24.5 Å². The van der Waals surface area contributed by atoms with Crippen molar-refractivity contribution in [1.82, 2.24) is 16.0 Å². The van der Waals surface area contributed by atoms with Gasteiger partial charge in [0.1, 0.15) is 0 Å².